The molecule has 2 N–H and O–H groups in total. The molecule has 0 aromatic heterocycles. The van der Waals surface area contributed by atoms with Crippen LogP contribution in [0, 0.1) is 5.82 Å². The van der Waals surface area contributed by atoms with Crippen LogP contribution in [0.5, 0.6) is 0 Å². The van der Waals surface area contributed by atoms with E-state index in [2.05, 4.69) is 4.72 Å². The zero-order chi connectivity index (χ0) is 14.3. The molecule has 7 heteroatoms. The zero-order valence-corrected chi connectivity index (χ0v) is 11.5. The van der Waals surface area contributed by atoms with Gasteiger partial charge in [0.15, 0.2) is 0 Å². The third-order valence-corrected chi connectivity index (χ3v) is 3.99. The van der Waals surface area contributed by atoms with Gasteiger partial charge in [0.05, 0.1) is 11.5 Å². The van der Waals surface area contributed by atoms with Crippen LogP contribution in [0.4, 0.5) is 4.39 Å². The molecular weight excluding hydrogens is 273 g/mol. The Balaban J connectivity index is 2.74. The first kappa shape index (κ1) is 16.0. The van der Waals surface area contributed by atoms with Crippen LogP contribution >= 0.6 is 0 Å². The monoisotopic (exact) mass is 291 g/mol. The van der Waals surface area contributed by atoms with Crippen molar-refractivity contribution in [3.8, 4) is 0 Å². The summed E-state index contributed by atoms with van der Waals surface area (Å²) < 4.78 is 44.5. The van der Waals surface area contributed by atoms with Crippen LogP contribution in [0.3, 0.4) is 0 Å². The van der Waals surface area contributed by atoms with Crippen molar-refractivity contribution in [2.24, 2.45) is 0 Å². The van der Waals surface area contributed by atoms with Crippen LogP contribution in [0.25, 0.3) is 0 Å². The second-order valence-corrected chi connectivity index (χ2v) is 5.59. The van der Waals surface area contributed by atoms with Crippen molar-refractivity contribution in [2.45, 2.75) is 24.8 Å². The average Bonchev–Trinajstić information content (AvgIpc) is 2.38. The number of aliphatic hydroxyl groups excluding tert-OH is 1. The van der Waals surface area contributed by atoms with Crippen LogP contribution in [-0.2, 0) is 21.4 Å². The van der Waals surface area contributed by atoms with Gasteiger partial charge in [0, 0.05) is 19.8 Å². The van der Waals surface area contributed by atoms with Gasteiger partial charge in [0.1, 0.15) is 5.82 Å². The lowest BCUT2D eigenvalue weighted by Crippen LogP contribution is -2.26. The van der Waals surface area contributed by atoms with Crippen LogP contribution in [0.1, 0.15) is 18.9 Å². The zero-order valence-electron chi connectivity index (χ0n) is 10.7. The normalized spacial score (nSPS) is 11.7. The van der Waals surface area contributed by atoms with Crippen molar-refractivity contribution < 1.29 is 22.7 Å². The van der Waals surface area contributed by atoms with E-state index in [1.165, 1.54) is 6.07 Å². The minimum atomic E-state index is -3.82. The molecule has 0 spiro atoms. The minimum Gasteiger partial charge on any atom is -0.392 e. The second-order valence-electron chi connectivity index (χ2n) is 3.86. The Kier molecular flexibility index (Phi) is 6.36. The van der Waals surface area contributed by atoms with Gasteiger partial charge in [0.25, 0.3) is 0 Å². The van der Waals surface area contributed by atoms with Gasteiger partial charge in [-0.25, -0.2) is 17.5 Å². The molecule has 0 atom stereocenters. The summed E-state index contributed by atoms with van der Waals surface area (Å²) in [6.45, 7) is 2.62. The molecule has 0 heterocycles. The van der Waals surface area contributed by atoms with E-state index in [0.717, 1.165) is 12.1 Å². The van der Waals surface area contributed by atoms with Gasteiger partial charge in [-0.3, -0.25) is 0 Å². The Hall–Kier alpha value is -1.02. The van der Waals surface area contributed by atoms with Crippen LogP contribution in [0.2, 0.25) is 0 Å². The fourth-order valence-electron chi connectivity index (χ4n) is 1.51. The van der Waals surface area contributed by atoms with Gasteiger partial charge in [-0.15, -0.1) is 0 Å². The molecule has 0 aliphatic rings. The molecule has 108 valence electrons. The van der Waals surface area contributed by atoms with Crippen molar-refractivity contribution in [1.82, 2.24) is 4.72 Å². The van der Waals surface area contributed by atoms with E-state index < -0.39 is 22.4 Å². The van der Waals surface area contributed by atoms with Crippen molar-refractivity contribution >= 4 is 10.0 Å². The summed E-state index contributed by atoms with van der Waals surface area (Å²) in [6, 6.07) is 3.26. The number of sulfonamides is 1. The summed E-state index contributed by atoms with van der Waals surface area (Å²) >= 11 is 0. The van der Waals surface area contributed by atoms with Gasteiger partial charge in [-0.1, -0.05) is 6.07 Å². The number of rotatable bonds is 8. The van der Waals surface area contributed by atoms with Crippen LogP contribution in [-0.4, -0.2) is 33.3 Å². The first-order chi connectivity index (χ1) is 9.01. The summed E-state index contributed by atoms with van der Waals surface area (Å²) in [4.78, 5) is -0.230. The maximum atomic E-state index is 13.1. The predicted molar refractivity (Wildman–Crippen MR) is 68.6 cm³/mol. The van der Waals surface area contributed by atoms with Crippen molar-refractivity contribution in [3.63, 3.8) is 0 Å². The van der Waals surface area contributed by atoms with E-state index in [4.69, 9.17) is 9.84 Å². The lowest BCUT2D eigenvalue weighted by Gasteiger charge is -2.10. The fraction of sp³-hybridized carbons (Fsp3) is 0.500. The standard InChI is InChI=1S/C12H18FNO4S/c1-2-18-7-3-6-14-19(16,17)12-8-11(13)5-4-10(12)9-15/h4-5,8,14-15H,2-3,6-7,9H2,1H3. The summed E-state index contributed by atoms with van der Waals surface area (Å²) in [5, 5.41) is 9.08. The molecule has 1 aromatic rings. The predicted octanol–water partition coefficient (Wildman–Crippen LogP) is 1.02. The molecule has 0 bridgehead atoms. The molecule has 1 aromatic carbocycles. The topological polar surface area (TPSA) is 75.6 Å². The molecule has 19 heavy (non-hydrogen) atoms. The van der Waals surface area contributed by atoms with Gasteiger partial charge in [-0.2, -0.15) is 0 Å². The highest BCUT2D eigenvalue weighted by Crippen LogP contribution is 2.17. The third kappa shape index (κ3) is 4.87. The molecule has 0 saturated carbocycles. The number of benzene rings is 1. The Labute approximate surface area is 112 Å². The number of aliphatic hydroxyl groups is 1. The molecule has 0 fully saturated rings. The number of hydrogen-bond donors (Lipinski definition) is 2. The average molecular weight is 291 g/mol. The van der Waals surface area contributed by atoms with E-state index in [-0.39, 0.29) is 17.0 Å². The maximum Gasteiger partial charge on any atom is 0.241 e. The second kappa shape index (κ2) is 7.54. The summed E-state index contributed by atoms with van der Waals surface area (Å²) in [7, 11) is -3.82. The first-order valence-corrected chi connectivity index (χ1v) is 7.46. The van der Waals surface area contributed by atoms with Gasteiger partial charge < -0.3 is 9.84 Å². The largest absolute Gasteiger partial charge is 0.392 e. The quantitative estimate of drug-likeness (QED) is 0.701. The van der Waals surface area contributed by atoms with Gasteiger partial charge in [0.2, 0.25) is 10.0 Å². The molecule has 0 radical (unpaired) electrons. The Morgan fingerprint density at radius 3 is 2.79 bits per heavy atom. The molecule has 0 aliphatic carbocycles. The molecular formula is C12H18FNO4S. The van der Waals surface area contributed by atoms with E-state index in [9.17, 15) is 12.8 Å². The summed E-state index contributed by atoms with van der Waals surface area (Å²) in [5.41, 5.74) is 0.165. The van der Waals surface area contributed by atoms with Crippen molar-refractivity contribution in [2.75, 3.05) is 19.8 Å². The molecule has 0 amide bonds. The molecule has 0 aliphatic heterocycles. The van der Waals surface area contributed by atoms with Crippen molar-refractivity contribution in [1.29, 1.82) is 0 Å². The minimum absolute atomic E-state index is 0.165. The smallest absolute Gasteiger partial charge is 0.241 e. The van der Waals surface area contributed by atoms with Crippen molar-refractivity contribution in [3.05, 3.63) is 29.6 Å². The lowest BCUT2D eigenvalue weighted by molar-refractivity contribution is 0.146. The number of nitrogens with one attached hydrogen (secondary N) is 1. The lowest BCUT2D eigenvalue weighted by atomic mass is 10.2. The summed E-state index contributed by atoms with van der Waals surface area (Å²) in [5.74, 6) is -0.660. The molecule has 1 rings (SSSR count). The number of ether oxygens (including phenoxy) is 1. The Bertz CT molecular complexity index is 504. The Morgan fingerprint density at radius 1 is 1.42 bits per heavy atom. The number of hydrogen-bond acceptors (Lipinski definition) is 4. The number of halogens is 1. The summed E-state index contributed by atoms with van der Waals surface area (Å²) in [6.07, 6.45) is 0.525. The van der Waals surface area contributed by atoms with E-state index in [0.29, 0.717) is 19.6 Å². The van der Waals surface area contributed by atoms with Crippen LogP contribution in [0.15, 0.2) is 23.1 Å². The SMILES string of the molecule is CCOCCCNS(=O)(=O)c1cc(F)ccc1CO. The highest BCUT2D eigenvalue weighted by Gasteiger charge is 2.18. The maximum absolute atomic E-state index is 13.1. The van der Waals surface area contributed by atoms with E-state index in [1.54, 1.807) is 0 Å². The van der Waals surface area contributed by atoms with E-state index >= 15 is 0 Å². The first-order valence-electron chi connectivity index (χ1n) is 5.98. The van der Waals surface area contributed by atoms with Gasteiger partial charge in [-0.05, 0) is 31.0 Å². The van der Waals surface area contributed by atoms with E-state index in [1.807, 2.05) is 6.92 Å². The van der Waals surface area contributed by atoms with Gasteiger partial charge >= 0.3 is 0 Å². The molecule has 0 unspecified atom stereocenters. The highest BCUT2D eigenvalue weighted by atomic mass is 32.2. The molecule has 5 nitrogen and oxygen atoms in total. The third-order valence-electron chi connectivity index (χ3n) is 2.45. The highest BCUT2D eigenvalue weighted by molar-refractivity contribution is 7.89. The molecule has 0 saturated heterocycles. The Morgan fingerprint density at radius 2 is 2.16 bits per heavy atom. The van der Waals surface area contributed by atoms with Crippen LogP contribution < -0.4 is 4.72 Å². The fourth-order valence-corrected chi connectivity index (χ4v) is 2.83.